The number of carboxylic acids is 1. The Balaban J connectivity index is 2.34. The minimum atomic E-state index is -0.765. The van der Waals surface area contributed by atoms with Crippen LogP contribution in [0.25, 0.3) is 0 Å². The van der Waals surface area contributed by atoms with Crippen molar-refractivity contribution in [3.8, 4) is 0 Å². The lowest BCUT2D eigenvalue weighted by atomic mass is 10.0. The van der Waals surface area contributed by atoms with Crippen LogP contribution in [0.1, 0.15) is 38.2 Å². The molecule has 0 amide bonds. The van der Waals surface area contributed by atoms with E-state index in [0.29, 0.717) is 12.8 Å². The number of para-hydroxylation sites is 1. The maximum Gasteiger partial charge on any atom is 0.306 e. The topological polar surface area (TPSA) is 80.4 Å². The molecule has 19 heavy (non-hydrogen) atoms. The van der Waals surface area contributed by atoms with Gasteiger partial charge in [0.05, 0.1) is 10.8 Å². The molecule has 0 saturated heterocycles. The second-order valence-corrected chi connectivity index (χ2v) is 4.72. The van der Waals surface area contributed by atoms with E-state index in [-0.39, 0.29) is 16.5 Å². The molecule has 0 aliphatic heterocycles. The molecule has 0 bridgehead atoms. The first kappa shape index (κ1) is 15.1. The fourth-order valence-corrected chi connectivity index (χ4v) is 1.97. The summed E-state index contributed by atoms with van der Waals surface area (Å²) in [5.74, 6) is -1.08. The Bertz CT molecular complexity index is 445. The fraction of sp³-hybridized carbons (Fsp3) is 0.500. The van der Waals surface area contributed by atoms with Crippen LogP contribution in [0, 0.1) is 16.0 Å². The summed E-state index contributed by atoms with van der Waals surface area (Å²) >= 11 is 0. The number of nitrogens with zero attached hydrogens (tertiary/aromatic N) is 1. The van der Waals surface area contributed by atoms with E-state index in [4.69, 9.17) is 5.11 Å². The first-order valence-electron chi connectivity index (χ1n) is 6.47. The standard InChI is InChI=1S/C14H19NO4/c1-11(14(16)17)7-3-2-4-8-12-9-5-6-10-13(12)15(18)19/h5-6,9-11H,2-4,7-8H2,1H3,(H,16,17). The molecule has 5 nitrogen and oxygen atoms in total. The van der Waals surface area contributed by atoms with E-state index in [1.807, 2.05) is 0 Å². The molecule has 1 rings (SSSR count). The first-order chi connectivity index (χ1) is 9.02. The van der Waals surface area contributed by atoms with E-state index in [2.05, 4.69) is 0 Å². The van der Waals surface area contributed by atoms with Gasteiger partial charge in [0.2, 0.25) is 0 Å². The highest BCUT2D eigenvalue weighted by Gasteiger charge is 2.12. The van der Waals surface area contributed by atoms with E-state index >= 15 is 0 Å². The number of aryl methyl sites for hydroxylation is 1. The Hall–Kier alpha value is -1.91. The third-order valence-electron chi connectivity index (χ3n) is 3.19. The van der Waals surface area contributed by atoms with Gasteiger partial charge in [0.15, 0.2) is 0 Å². The molecule has 0 saturated carbocycles. The number of carboxylic acid groups (broad SMARTS) is 1. The van der Waals surface area contributed by atoms with Gasteiger partial charge in [-0.15, -0.1) is 0 Å². The van der Waals surface area contributed by atoms with E-state index in [9.17, 15) is 14.9 Å². The van der Waals surface area contributed by atoms with Gasteiger partial charge in [-0.25, -0.2) is 0 Å². The highest BCUT2D eigenvalue weighted by atomic mass is 16.6. The molecule has 0 aliphatic rings. The van der Waals surface area contributed by atoms with Crippen molar-refractivity contribution in [2.24, 2.45) is 5.92 Å². The molecule has 1 aromatic rings. The Morgan fingerprint density at radius 1 is 1.32 bits per heavy atom. The summed E-state index contributed by atoms with van der Waals surface area (Å²) in [7, 11) is 0. The van der Waals surface area contributed by atoms with Crippen LogP contribution in [-0.4, -0.2) is 16.0 Å². The molecule has 0 fully saturated rings. The molecule has 1 atom stereocenters. The predicted octanol–water partition coefficient (Wildman–Crippen LogP) is 3.42. The maximum absolute atomic E-state index is 10.8. The van der Waals surface area contributed by atoms with Crippen molar-refractivity contribution in [2.75, 3.05) is 0 Å². The van der Waals surface area contributed by atoms with Crippen LogP contribution in [0.2, 0.25) is 0 Å². The van der Waals surface area contributed by atoms with Gasteiger partial charge in [0.1, 0.15) is 0 Å². The van der Waals surface area contributed by atoms with Gasteiger partial charge in [0, 0.05) is 11.6 Å². The number of aliphatic carboxylic acids is 1. The third kappa shape index (κ3) is 5.07. The minimum absolute atomic E-state index is 0.168. The first-order valence-corrected chi connectivity index (χ1v) is 6.47. The average molecular weight is 265 g/mol. The van der Waals surface area contributed by atoms with E-state index in [0.717, 1.165) is 24.8 Å². The van der Waals surface area contributed by atoms with E-state index in [1.165, 1.54) is 6.07 Å². The number of hydrogen-bond acceptors (Lipinski definition) is 3. The number of carbonyl (C=O) groups is 1. The van der Waals surface area contributed by atoms with Crippen LogP contribution in [-0.2, 0) is 11.2 Å². The number of nitro benzene ring substituents is 1. The molecule has 0 radical (unpaired) electrons. The quantitative estimate of drug-likeness (QED) is 0.443. The molecule has 5 heteroatoms. The van der Waals surface area contributed by atoms with Crippen LogP contribution in [0.4, 0.5) is 5.69 Å². The second-order valence-electron chi connectivity index (χ2n) is 4.72. The monoisotopic (exact) mass is 265 g/mol. The lowest BCUT2D eigenvalue weighted by molar-refractivity contribution is -0.385. The van der Waals surface area contributed by atoms with E-state index < -0.39 is 5.97 Å². The number of benzene rings is 1. The summed E-state index contributed by atoms with van der Waals surface area (Å²) in [6.07, 6.45) is 3.90. The van der Waals surface area contributed by atoms with Crippen molar-refractivity contribution < 1.29 is 14.8 Å². The van der Waals surface area contributed by atoms with Crippen molar-refractivity contribution in [3.05, 3.63) is 39.9 Å². The zero-order valence-electron chi connectivity index (χ0n) is 11.0. The lowest BCUT2D eigenvalue weighted by Crippen LogP contribution is -2.08. The van der Waals surface area contributed by atoms with Gasteiger partial charge >= 0.3 is 5.97 Å². The van der Waals surface area contributed by atoms with Gasteiger partial charge in [-0.2, -0.15) is 0 Å². The SMILES string of the molecule is CC(CCCCCc1ccccc1[N+](=O)[O-])C(=O)O. The Labute approximate surface area is 112 Å². The molecule has 1 aromatic carbocycles. The third-order valence-corrected chi connectivity index (χ3v) is 3.19. The summed E-state index contributed by atoms with van der Waals surface area (Å²) in [4.78, 5) is 21.1. The zero-order chi connectivity index (χ0) is 14.3. The Morgan fingerprint density at radius 3 is 2.63 bits per heavy atom. The summed E-state index contributed by atoms with van der Waals surface area (Å²) < 4.78 is 0. The van der Waals surface area contributed by atoms with Crippen LogP contribution in [0.5, 0.6) is 0 Å². The van der Waals surface area contributed by atoms with Crippen LogP contribution < -0.4 is 0 Å². The maximum atomic E-state index is 10.8. The van der Waals surface area contributed by atoms with Gasteiger partial charge in [-0.1, -0.05) is 38.0 Å². The number of unbranched alkanes of at least 4 members (excludes halogenated alkanes) is 2. The summed E-state index contributed by atoms with van der Waals surface area (Å²) in [5.41, 5.74) is 0.917. The zero-order valence-corrected chi connectivity index (χ0v) is 11.0. The number of rotatable bonds is 8. The molecule has 1 N–H and O–H groups in total. The molecule has 0 heterocycles. The van der Waals surface area contributed by atoms with Crippen molar-refractivity contribution >= 4 is 11.7 Å². The Morgan fingerprint density at radius 2 is 2.00 bits per heavy atom. The van der Waals surface area contributed by atoms with Crippen LogP contribution in [0.3, 0.4) is 0 Å². The van der Waals surface area contributed by atoms with Crippen molar-refractivity contribution in [1.82, 2.24) is 0 Å². The molecular weight excluding hydrogens is 246 g/mol. The number of nitro groups is 1. The minimum Gasteiger partial charge on any atom is -0.481 e. The van der Waals surface area contributed by atoms with E-state index in [1.54, 1.807) is 25.1 Å². The number of hydrogen-bond donors (Lipinski definition) is 1. The van der Waals surface area contributed by atoms with Crippen molar-refractivity contribution in [1.29, 1.82) is 0 Å². The predicted molar refractivity (Wildman–Crippen MR) is 72.1 cm³/mol. The average Bonchev–Trinajstić information content (AvgIpc) is 2.38. The summed E-state index contributed by atoms with van der Waals surface area (Å²) in [6, 6.07) is 6.75. The second kappa shape index (κ2) is 7.51. The fourth-order valence-electron chi connectivity index (χ4n) is 1.97. The highest BCUT2D eigenvalue weighted by molar-refractivity contribution is 5.69. The smallest absolute Gasteiger partial charge is 0.306 e. The lowest BCUT2D eigenvalue weighted by Gasteiger charge is -2.06. The van der Waals surface area contributed by atoms with Crippen LogP contribution in [0.15, 0.2) is 24.3 Å². The summed E-state index contributed by atoms with van der Waals surface area (Å²) in [6.45, 7) is 1.70. The van der Waals surface area contributed by atoms with Crippen molar-refractivity contribution in [3.63, 3.8) is 0 Å². The van der Waals surface area contributed by atoms with Crippen molar-refractivity contribution in [2.45, 2.75) is 39.0 Å². The molecular formula is C14H19NO4. The van der Waals surface area contributed by atoms with Gasteiger partial charge in [-0.05, 0) is 19.3 Å². The van der Waals surface area contributed by atoms with Gasteiger partial charge in [0.25, 0.3) is 5.69 Å². The molecule has 0 spiro atoms. The molecule has 1 unspecified atom stereocenters. The molecule has 0 aliphatic carbocycles. The Kier molecular flexibility index (Phi) is 5.99. The van der Waals surface area contributed by atoms with Crippen LogP contribution >= 0.6 is 0 Å². The highest BCUT2D eigenvalue weighted by Crippen LogP contribution is 2.20. The molecule has 0 aromatic heterocycles. The largest absolute Gasteiger partial charge is 0.481 e. The van der Waals surface area contributed by atoms with Gasteiger partial charge in [-0.3, -0.25) is 14.9 Å². The molecule has 104 valence electrons. The summed E-state index contributed by atoms with van der Waals surface area (Å²) in [5, 5.41) is 19.6. The van der Waals surface area contributed by atoms with Gasteiger partial charge < -0.3 is 5.11 Å². The normalized spacial score (nSPS) is 12.1.